The van der Waals surface area contributed by atoms with Gasteiger partial charge in [-0.15, -0.1) is 11.3 Å². The van der Waals surface area contributed by atoms with Crippen LogP contribution in [0.15, 0.2) is 39.2 Å². The Morgan fingerprint density at radius 2 is 2.12 bits per heavy atom. The Kier molecular flexibility index (Phi) is 4.74. The Morgan fingerprint density at radius 1 is 1.29 bits per heavy atom. The zero-order valence-corrected chi connectivity index (χ0v) is 14.8. The molecule has 3 rings (SSSR count). The molecule has 7 nitrogen and oxygen atoms in total. The molecule has 1 N–H and O–H groups in total. The van der Waals surface area contributed by atoms with Crippen LogP contribution in [0.1, 0.15) is 17.1 Å². The van der Waals surface area contributed by atoms with Gasteiger partial charge in [0.05, 0.1) is 11.4 Å². The van der Waals surface area contributed by atoms with E-state index in [9.17, 15) is 8.42 Å². The number of aromatic nitrogens is 3. The zero-order valence-electron chi connectivity index (χ0n) is 13.2. The lowest BCUT2D eigenvalue weighted by atomic mass is 10.3. The van der Waals surface area contributed by atoms with Gasteiger partial charge >= 0.3 is 0 Å². The van der Waals surface area contributed by atoms with Crippen molar-refractivity contribution in [1.29, 1.82) is 0 Å². The molecule has 0 aliphatic carbocycles. The Labute approximate surface area is 143 Å². The van der Waals surface area contributed by atoms with Crippen molar-refractivity contribution in [3.63, 3.8) is 0 Å². The highest BCUT2D eigenvalue weighted by molar-refractivity contribution is 7.89. The van der Waals surface area contributed by atoms with Crippen LogP contribution in [0.5, 0.6) is 0 Å². The van der Waals surface area contributed by atoms with Crippen molar-refractivity contribution in [1.82, 2.24) is 19.8 Å². The van der Waals surface area contributed by atoms with Crippen molar-refractivity contribution in [2.45, 2.75) is 25.2 Å². The van der Waals surface area contributed by atoms with Crippen molar-refractivity contribution in [2.75, 3.05) is 6.54 Å². The van der Waals surface area contributed by atoms with Crippen LogP contribution in [-0.4, -0.2) is 30.1 Å². The maximum atomic E-state index is 12.3. The molecule has 0 radical (unpaired) electrons. The highest BCUT2D eigenvalue weighted by atomic mass is 32.2. The molecule has 0 saturated heterocycles. The van der Waals surface area contributed by atoms with E-state index in [1.807, 2.05) is 23.6 Å². The van der Waals surface area contributed by atoms with Crippen molar-refractivity contribution in [3.8, 4) is 10.7 Å². The van der Waals surface area contributed by atoms with Gasteiger partial charge in [-0.1, -0.05) is 11.2 Å². The van der Waals surface area contributed by atoms with Crippen LogP contribution < -0.4 is 4.72 Å². The second-order valence-electron chi connectivity index (χ2n) is 5.16. The fraction of sp³-hybridized carbons (Fsp3) is 0.267. The molecule has 0 fully saturated rings. The lowest BCUT2D eigenvalue weighted by Gasteiger charge is -2.04. The topological polar surface area (TPSA) is 98.0 Å². The molecule has 0 atom stereocenters. The average molecular weight is 364 g/mol. The van der Waals surface area contributed by atoms with E-state index in [0.717, 1.165) is 16.4 Å². The molecule has 0 amide bonds. The monoisotopic (exact) mass is 364 g/mol. The average Bonchev–Trinajstić information content (AvgIpc) is 3.15. The molecule has 24 heavy (non-hydrogen) atoms. The van der Waals surface area contributed by atoms with E-state index in [1.54, 1.807) is 20.0 Å². The van der Waals surface area contributed by atoms with E-state index >= 15 is 0 Å². The highest BCUT2D eigenvalue weighted by Crippen LogP contribution is 2.22. The number of nitrogens with one attached hydrogen (secondary N) is 1. The van der Waals surface area contributed by atoms with Gasteiger partial charge < -0.3 is 4.52 Å². The molecule has 3 heterocycles. The molecule has 0 bridgehead atoms. The fourth-order valence-electron chi connectivity index (χ4n) is 2.27. The van der Waals surface area contributed by atoms with Crippen molar-refractivity contribution in [3.05, 3.63) is 46.9 Å². The van der Waals surface area contributed by atoms with E-state index in [2.05, 4.69) is 19.8 Å². The van der Waals surface area contributed by atoms with Gasteiger partial charge in [-0.3, -0.25) is 4.98 Å². The molecule has 126 valence electrons. The zero-order chi connectivity index (χ0) is 17.2. The number of rotatable bonds is 6. The van der Waals surface area contributed by atoms with E-state index in [4.69, 9.17) is 4.52 Å². The fourth-order valence-corrected chi connectivity index (χ4v) is 4.46. The van der Waals surface area contributed by atoms with Gasteiger partial charge in [0.25, 0.3) is 0 Å². The molecule has 3 aromatic heterocycles. The minimum Gasteiger partial charge on any atom is -0.360 e. The first kappa shape index (κ1) is 16.7. The summed E-state index contributed by atoms with van der Waals surface area (Å²) in [5, 5.41) is 6.40. The predicted molar refractivity (Wildman–Crippen MR) is 90.2 cm³/mol. The second-order valence-corrected chi connectivity index (χ2v) is 7.72. The summed E-state index contributed by atoms with van der Waals surface area (Å²) in [5.41, 5.74) is 1.98. The molecule has 0 spiro atoms. The third-order valence-electron chi connectivity index (χ3n) is 3.35. The standard InChI is InChI=1S/C15H16N4O3S2/c1-10-14(11(2)22-19-10)24(20,21)17-8-6-12-9-23-15(18-12)13-5-3-4-7-16-13/h3-5,7,9,17H,6,8H2,1-2H3. The Hall–Kier alpha value is -2.10. The van der Waals surface area contributed by atoms with Crippen LogP contribution in [0.25, 0.3) is 10.7 Å². The van der Waals surface area contributed by atoms with Crippen molar-refractivity contribution in [2.24, 2.45) is 0 Å². The normalized spacial score (nSPS) is 11.8. The van der Waals surface area contributed by atoms with Crippen LogP contribution in [0.3, 0.4) is 0 Å². The molecule has 0 aromatic carbocycles. The summed E-state index contributed by atoms with van der Waals surface area (Å²) >= 11 is 1.49. The maximum Gasteiger partial charge on any atom is 0.245 e. The van der Waals surface area contributed by atoms with Crippen LogP contribution in [0, 0.1) is 13.8 Å². The molecule has 0 aliphatic heterocycles. The molecule has 0 aliphatic rings. The molecular formula is C15H16N4O3S2. The van der Waals surface area contributed by atoms with Gasteiger partial charge in [-0.05, 0) is 26.0 Å². The van der Waals surface area contributed by atoms with E-state index < -0.39 is 10.0 Å². The quantitative estimate of drug-likeness (QED) is 0.721. The summed E-state index contributed by atoms with van der Waals surface area (Å²) in [6.45, 7) is 3.43. The summed E-state index contributed by atoms with van der Waals surface area (Å²) < 4.78 is 32.1. The number of pyridine rings is 1. The van der Waals surface area contributed by atoms with Gasteiger partial charge in [-0.25, -0.2) is 18.1 Å². The van der Waals surface area contributed by atoms with E-state index in [-0.39, 0.29) is 17.2 Å². The summed E-state index contributed by atoms with van der Waals surface area (Å²) in [6, 6.07) is 5.64. The van der Waals surface area contributed by atoms with Gasteiger partial charge in [0.2, 0.25) is 10.0 Å². The molecule has 0 saturated carbocycles. The van der Waals surface area contributed by atoms with E-state index in [0.29, 0.717) is 12.1 Å². The summed E-state index contributed by atoms with van der Waals surface area (Å²) in [4.78, 5) is 8.85. The third kappa shape index (κ3) is 3.53. The van der Waals surface area contributed by atoms with Crippen LogP contribution in [0.2, 0.25) is 0 Å². The maximum absolute atomic E-state index is 12.3. The number of aryl methyl sites for hydroxylation is 2. The molecule has 0 unspecified atom stereocenters. The number of hydrogen-bond donors (Lipinski definition) is 1. The van der Waals surface area contributed by atoms with Gasteiger partial charge in [0.15, 0.2) is 5.76 Å². The predicted octanol–water partition coefficient (Wildman–Crippen LogP) is 2.33. The molecular weight excluding hydrogens is 348 g/mol. The molecule has 9 heteroatoms. The Balaban J connectivity index is 1.64. The first-order valence-electron chi connectivity index (χ1n) is 7.26. The van der Waals surface area contributed by atoms with E-state index in [1.165, 1.54) is 11.3 Å². The SMILES string of the molecule is Cc1noc(C)c1S(=O)(=O)NCCc1csc(-c2ccccn2)n1. The van der Waals surface area contributed by atoms with Crippen LogP contribution >= 0.6 is 11.3 Å². The number of nitrogens with zero attached hydrogens (tertiary/aromatic N) is 3. The largest absolute Gasteiger partial charge is 0.360 e. The van der Waals surface area contributed by atoms with Gasteiger partial charge in [0.1, 0.15) is 15.6 Å². The van der Waals surface area contributed by atoms with Gasteiger partial charge in [0, 0.05) is 24.5 Å². The number of sulfonamides is 1. The van der Waals surface area contributed by atoms with Crippen LogP contribution in [0.4, 0.5) is 0 Å². The number of hydrogen-bond acceptors (Lipinski definition) is 7. The molecule has 3 aromatic rings. The lowest BCUT2D eigenvalue weighted by Crippen LogP contribution is -2.26. The van der Waals surface area contributed by atoms with Crippen molar-refractivity contribution >= 4 is 21.4 Å². The Morgan fingerprint density at radius 3 is 2.79 bits per heavy atom. The first-order valence-corrected chi connectivity index (χ1v) is 9.62. The highest BCUT2D eigenvalue weighted by Gasteiger charge is 2.23. The minimum atomic E-state index is -3.64. The van der Waals surface area contributed by atoms with Crippen LogP contribution in [-0.2, 0) is 16.4 Å². The smallest absolute Gasteiger partial charge is 0.245 e. The van der Waals surface area contributed by atoms with Crippen molar-refractivity contribution < 1.29 is 12.9 Å². The summed E-state index contributed by atoms with van der Waals surface area (Å²) in [6.07, 6.45) is 2.21. The number of thiazole rings is 1. The summed E-state index contributed by atoms with van der Waals surface area (Å²) in [5.74, 6) is 0.283. The lowest BCUT2D eigenvalue weighted by molar-refractivity contribution is 0.390. The Bertz CT molecular complexity index is 913. The first-order chi connectivity index (χ1) is 11.5. The van der Waals surface area contributed by atoms with Gasteiger partial charge in [-0.2, -0.15) is 0 Å². The third-order valence-corrected chi connectivity index (χ3v) is 5.96. The minimum absolute atomic E-state index is 0.106. The second kappa shape index (κ2) is 6.80. The summed E-state index contributed by atoms with van der Waals surface area (Å²) in [7, 11) is -3.64.